The number of ketones is 1. The summed E-state index contributed by atoms with van der Waals surface area (Å²) in [4.78, 5) is 33.6. The fourth-order valence-corrected chi connectivity index (χ4v) is 1.30. The van der Waals surface area contributed by atoms with Crippen molar-refractivity contribution >= 4 is 17.7 Å². The molecule has 0 radical (unpaired) electrons. The van der Waals surface area contributed by atoms with Gasteiger partial charge in [0, 0.05) is 18.6 Å². The van der Waals surface area contributed by atoms with Crippen LogP contribution in [-0.2, 0) is 23.9 Å². The molecule has 7 heteroatoms. The van der Waals surface area contributed by atoms with E-state index in [9.17, 15) is 19.5 Å². The Morgan fingerprint density at radius 2 is 1.38 bits per heavy atom. The molecule has 0 aliphatic heterocycles. The molecule has 0 unspecified atom stereocenters. The maximum Gasteiger partial charge on any atom is 0.330 e. The summed E-state index contributed by atoms with van der Waals surface area (Å²) < 4.78 is 9.68. The van der Waals surface area contributed by atoms with E-state index in [-0.39, 0.29) is 30.9 Å². The molecular weight excluding hydrogens is 280 g/mol. The number of aliphatic hydroxyl groups is 1. The maximum absolute atomic E-state index is 11.5. The number of esters is 2. The molecule has 21 heavy (non-hydrogen) atoms. The lowest BCUT2D eigenvalue weighted by atomic mass is 9.85. The van der Waals surface area contributed by atoms with Gasteiger partial charge in [-0.3, -0.25) is 4.79 Å². The van der Waals surface area contributed by atoms with Crippen LogP contribution in [0.15, 0.2) is 38.0 Å². The fraction of sp³-hybridized carbons (Fsp3) is 0.357. The number of hydrogen-bond donors (Lipinski definition) is 1. The Morgan fingerprint density at radius 1 is 0.952 bits per heavy atom. The quantitative estimate of drug-likeness (QED) is 0.438. The molecule has 0 spiro atoms. The lowest BCUT2D eigenvalue weighted by Crippen LogP contribution is -2.39. The van der Waals surface area contributed by atoms with E-state index in [4.69, 9.17) is 9.47 Å². The van der Waals surface area contributed by atoms with Gasteiger partial charge < -0.3 is 20.1 Å². The van der Waals surface area contributed by atoms with E-state index in [1.807, 2.05) is 0 Å². The Hall–Kier alpha value is -2.25. The second-order valence-electron chi connectivity index (χ2n) is 4.13. The summed E-state index contributed by atoms with van der Waals surface area (Å²) in [6, 6.07) is 0. The van der Waals surface area contributed by atoms with Gasteiger partial charge in [0.15, 0.2) is 5.78 Å². The van der Waals surface area contributed by atoms with Crippen LogP contribution in [0.3, 0.4) is 0 Å². The number of aliphatic hydroxyl groups excluding tert-OH is 1. The maximum atomic E-state index is 11.5. The van der Waals surface area contributed by atoms with Gasteiger partial charge in [0.1, 0.15) is 13.2 Å². The molecule has 0 amide bonds. The van der Waals surface area contributed by atoms with Crippen molar-refractivity contribution < 1.29 is 34.4 Å². The highest BCUT2D eigenvalue weighted by molar-refractivity contribution is 5.89. The monoisotopic (exact) mass is 300 g/mol. The summed E-state index contributed by atoms with van der Waals surface area (Å²) in [5.74, 6) is -1.78. The number of allylic oxidation sites excluding steroid dienone is 1. The SMILES string of the molecule is C=CC(=O)CC(CO)(COC(=O)C=C)COC(=O)C=C.O. The Kier molecular flexibility index (Phi) is 10.6. The molecule has 0 rings (SSSR count). The second-order valence-corrected chi connectivity index (χ2v) is 4.13. The van der Waals surface area contributed by atoms with Crippen LogP contribution in [0.2, 0.25) is 0 Å². The van der Waals surface area contributed by atoms with Gasteiger partial charge in [-0.25, -0.2) is 9.59 Å². The first-order valence-corrected chi connectivity index (χ1v) is 5.77. The highest BCUT2D eigenvalue weighted by atomic mass is 16.5. The van der Waals surface area contributed by atoms with Crippen molar-refractivity contribution in [3.8, 4) is 0 Å². The van der Waals surface area contributed by atoms with Gasteiger partial charge in [-0.2, -0.15) is 0 Å². The van der Waals surface area contributed by atoms with Gasteiger partial charge in [0.25, 0.3) is 0 Å². The Labute approximate surface area is 122 Å². The van der Waals surface area contributed by atoms with Gasteiger partial charge in [-0.15, -0.1) is 0 Å². The minimum absolute atomic E-state index is 0. The van der Waals surface area contributed by atoms with E-state index >= 15 is 0 Å². The summed E-state index contributed by atoms with van der Waals surface area (Å²) in [5, 5.41) is 9.47. The molecule has 0 aromatic heterocycles. The zero-order valence-electron chi connectivity index (χ0n) is 11.7. The molecule has 0 aliphatic carbocycles. The Balaban J connectivity index is 0. The van der Waals surface area contributed by atoms with E-state index < -0.39 is 24.0 Å². The van der Waals surface area contributed by atoms with Crippen molar-refractivity contribution in [3.05, 3.63) is 38.0 Å². The number of rotatable bonds is 10. The topological polar surface area (TPSA) is 121 Å². The fourth-order valence-electron chi connectivity index (χ4n) is 1.30. The molecule has 0 aromatic carbocycles. The lowest BCUT2D eigenvalue weighted by Gasteiger charge is -2.29. The Bertz CT molecular complexity index is 388. The highest BCUT2D eigenvalue weighted by Gasteiger charge is 2.35. The summed E-state index contributed by atoms with van der Waals surface area (Å²) >= 11 is 0. The summed E-state index contributed by atoms with van der Waals surface area (Å²) in [7, 11) is 0. The summed E-state index contributed by atoms with van der Waals surface area (Å²) in [6.07, 6.45) is 2.80. The van der Waals surface area contributed by atoms with E-state index in [0.717, 1.165) is 18.2 Å². The molecule has 0 aromatic rings. The van der Waals surface area contributed by atoms with E-state index in [1.165, 1.54) is 0 Å². The molecule has 0 saturated carbocycles. The van der Waals surface area contributed by atoms with Gasteiger partial charge in [-0.05, 0) is 6.08 Å². The average molecular weight is 300 g/mol. The molecule has 3 N–H and O–H groups in total. The van der Waals surface area contributed by atoms with Crippen LogP contribution in [0, 0.1) is 5.41 Å². The average Bonchev–Trinajstić information content (AvgIpc) is 2.48. The molecule has 7 nitrogen and oxygen atoms in total. The van der Waals surface area contributed by atoms with E-state index in [2.05, 4.69) is 19.7 Å². The van der Waals surface area contributed by atoms with Gasteiger partial charge in [0.05, 0.1) is 12.0 Å². The van der Waals surface area contributed by atoms with Crippen LogP contribution in [0.1, 0.15) is 6.42 Å². The number of hydrogen-bond acceptors (Lipinski definition) is 6. The molecule has 0 saturated heterocycles. The van der Waals surface area contributed by atoms with Crippen LogP contribution < -0.4 is 0 Å². The zero-order valence-corrected chi connectivity index (χ0v) is 11.7. The minimum atomic E-state index is -1.22. The molecular formula is C14H20O7. The normalized spacial score (nSPS) is 9.76. The largest absolute Gasteiger partial charge is 0.462 e. The third kappa shape index (κ3) is 7.81. The standard InChI is InChI=1S/C14H18O6.H2O/c1-4-11(16)7-14(8-15,9-19-12(17)5-2)10-20-13(18)6-3;/h4-6,15H,1-3,7-10H2;1H2. The number of carbonyl (C=O) groups is 3. The predicted molar refractivity (Wildman–Crippen MR) is 75.3 cm³/mol. The lowest BCUT2D eigenvalue weighted by molar-refractivity contribution is -0.152. The number of carbonyl (C=O) groups excluding carboxylic acids is 3. The molecule has 118 valence electrons. The van der Waals surface area contributed by atoms with Crippen molar-refractivity contribution in [1.82, 2.24) is 0 Å². The van der Waals surface area contributed by atoms with Crippen LogP contribution >= 0.6 is 0 Å². The zero-order chi connectivity index (χ0) is 15.6. The minimum Gasteiger partial charge on any atom is -0.462 e. The van der Waals surface area contributed by atoms with Crippen LogP contribution in [0.5, 0.6) is 0 Å². The third-order valence-corrected chi connectivity index (χ3v) is 2.49. The molecule has 0 aliphatic rings. The van der Waals surface area contributed by atoms with Crippen LogP contribution in [0.4, 0.5) is 0 Å². The molecule has 0 fully saturated rings. The summed E-state index contributed by atoms with van der Waals surface area (Å²) in [6.45, 7) is 8.69. The Morgan fingerprint density at radius 3 is 1.67 bits per heavy atom. The smallest absolute Gasteiger partial charge is 0.330 e. The molecule has 0 bridgehead atoms. The number of ether oxygens (including phenoxy) is 2. The van der Waals surface area contributed by atoms with Crippen molar-refractivity contribution in [3.63, 3.8) is 0 Å². The van der Waals surface area contributed by atoms with E-state index in [1.54, 1.807) is 0 Å². The van der Waals surface area contributed by atoms with Crippen molar-refractivity contribution in [2.75, 3.05) is 19.8 Å². The highest BCUT2D eigenvalue weighted by Crippen LogP contribution is 2.24. The third-order valence-electron chi connectivity index (χ3n) is 2.49. The first-order valence-electron chi connectivity index (χ1n) is 5.77. The van der Waals surface area contributed by atoms with Crippen LogP contribution in [0.25, 0.3) is 0 Å². The van der Waals surface area contributed by atoms with Crippen LogP contribution in [-0.4, -0.2) is 48.1 Å². The molecule has 0 atom stereocenters. The summed E-state index contributed by atoms with van der Waals surface area (Å²) in [5.41, 5.74) is -1.22. The van der Waals surface area contributed by atoms with Crippen molar-refractivity contribution in [1.29, 1.82) is 0 Å². The van der Waals surface area contributed by atoms with E-state index in [0.29, 0.717) is 0 Å². The van der Waals surface area contributed by atoms with Crippen molar-refractivity contribution in [2.45, 2.75) is 6.42 Å². The van der Waals surface area contributed by atoms with Crippen molar-refractivity contribution in [2.24, 2.45) is 5.41 Å². The van der Waals surface area contributed by atoms with Gasteiger partial charge >= 0.3 is 11.9 Å². The van der Waals surface area contributed by atoms with Gasteiger partial charge in [-0.1, -0.05) is 19.7 Å². The first kappa shape index (κ1) is 21.1. The molecule has 0 heterocycles. The van der Waals surface area contributed by atoms with Gasteiger partial charge in [0.2, 0.25) is 0 Å². The second kappa shape index (κ2) is 10.5. The predicted octanol–water partition coefficient (Wildman–Crippen LogP) is -0.256. The first-order chi connectivity index (χ1) is 9.42.